The quantitative estimate of drug-likeness (QED) is 0.623. The number of aryl methyl sites for hydroxylation is 1. The highest BCUT2D eigenvalue weighted by molar-refractivity contribution is 14.1. The van der Waals surface area contributed by atoms with Crippen molar-refractivity contribution in [1.82, 2.24) is 9.78 Å². The lowest BCUT2D eigenvalue weighted by molar-refractivity contribution is 0.0994. The zero-order chi connectivity index (χ0) is 15.6. The second-order valence-electron chi connectivity index (χ2n) is 4.56. The minimum atomic E-state index is -0.613. The molecule has 0 unspecified atom stereocenters. The lowest BCUT2D eigenvalue weighted by Crippen LogP contribution is -2.14. The van der Waals surface area contributed by atoms with Gasteiger partial charge in [-0.25, -0.2) is 4.68 Å². The van der Waals surface area contributed by atoms with Crippen molar-refractivity contribution in [2.75, 3.05) is 0 Å². The van der Waals surface area contributed by atoms with Crippen LogP contribution in [0, 0.1) is 0 Å². The van der Waals surface area contributed by atoms with E-state index in [4.69, 9.17) is 5.73 Å². The summed E-state index contributed by atoms with van der Waals surface area (Å²) in [6.45, 7) is 3.91. The number of nitrogens with two attached hydrogens (primary N) is 1. The Bertz CT molecular complexity index is 707. The molecule has 2 N–H and O–H groups in total. The first-order valence-corrected chi connectivity index (χ1v) is 7.78. The first-order valence-electron chi connectivity index (χ1n) is 6.71. The van der Waals surface area contributed by atoms with Crippen molar-refractivity contribution in [3.8, 4) is 5.69 Å². The predicted molar refractivity (Wildman–Crippen MR) is 89.2 cm³/mol. The number of para-hydroxylation sites is 1. The third-order valence-electron chi connectivity index (χ3n) is 3.36. The average molecular weight is 397 g/mol. The third kappa shape index (κ3) is 2.85. The lowest BCUT2D eigenvalue weighted by atomic mass is 10.1. The number of halogens is 1. The smallest absolute Gasteiger partial charge is 0.269 e. The Morgan fingerprint density at radius 1 is 1.24 bits per heavy atom. The van der Waals surface area contributed by atoms with Gasteiger partial charge in [0.15, 0.2) is 5.69 Å². The van der Waals surface area contributed by atoms with E-state index in [-0.39, 0.29) is 9.48 Å². The van der Waals surface area contributed by atoms with Crippen LogP contribution in [0.5, 0.6) is 0 Å². The molecule has 0 aliphatic rings. The van der Waals surface area contributed by atoms with Crippen molar-refractivity contribution in [1.29, 1.82) is 0 Å². The van der Waals surface area contributed by atoms with E-state index in [2.05, 4.69) is 5.10 Å². The number of primary amides is 1. The van der Waals surface area contributed by atoms with Gasteiger partial charge in [-0.1, -0.05) is 32.0 Å². The molecule has 0 radical (unpaired) electrons. The second-order valence-corrected chi connectivity index (χ2v) is 5.54. The van der Waals surface area contributed by atoms with Crippen molar-refractivity contribution < 1.29 is 9.59 Å². The number of benzene rings is 1. The Hall–Kier alpha value is -1.70. The molecular formula is C15H16IN3O2. The van der Waals surface area contributed by atoms with Gasteiger partial charge in [-0.2, -0.15) is 5.10 Å². The van der Waals surface area contributed by atoms with Gasteiger partial charge in [-0.05, 0) is 24.5 Å². The van der Waals surface area contributed by atoms with Crippen LogP contribution < -0.4 is 5.73 Å². The standard InChI is InChI=1S/C15H16IN3O2/c1-3-9-7-5-6-8-11(9)19-13(14(16)20)10(4-2)12(18-19)15(17)21/h5-8H,3-4H2,1-2H3,(H2,17,21). The monoisotopic (exact) mass is 397 g/mol. The van der Waals surface area contributed by atoms with Crippen molar-refractivity contribution in [2.24, 2.45) is 5.73 Å². The van der Waals surface area contributed by atoms with Crippen LogP contribution >= 0.6 is 22.6 Å². The molecule has 0 aliphatic heterocycles. The highest BCUT2D eigenvalue weighted by atomic mass is 127. The summed E-state index contributed by atoms with van der Waals surface area (Å²) in [6, 6.07) is 7.69. The van der Waals surface area contributed by atoms with Crippen LogP contribution in [-0.4, -0.2) is 19.5 Å². The number of carbonyl (C=O) groups excluding carboxylic acids is 2. The molecular weight excluding hydrogens is 381 g/mol. The Balaban J connectivity index is 2.79. The maximum Gasteiger partial charge on any atom is 0.269 e. The summed E-state index contributed by atoms with van der Waals surface area (Å²) in [4.78, 5) is 23.6. The van der Waals surface area contributed by atoms with Gasteiger partial charge in [0.25, 0.3) is 5.91 Å². The molecule has 0 spiro atoms. The van der Waals surface area contributed by atoms with E-state index in [1.54, 1.807) is 27.3 Å². The van der Waals surface area contributed by atoms with Crippen LogP contribution in [-0.2, 0) is 12.8 Å². The van der Waals surface area contributed by atoms with Crippen molar-refractivity contribution in [3.63, 3.8) is 0 Å². The Labute approximate surface area is 136 Å². The summed E-state index contributed by atoms with van der Waals surface area (Å²) in [5.41, 5.74) is 8.45. The zero-order valence-electron chi connectivity index (χ0n) is 11.9. The van der Waals surface area contributed by atoms with Gasteiger partial charge >= 0.3 is 0 Å². The van der Waals surface area contributed by atoms with Gasteiger partial charge in [-0.15, -0.1) is 0 Å². The number of rotatable bonds is 5. The summed E-state index contributed by atoms with van der Waals surface area (Å²) in [5, 5.41) is 4.30. The minimum Gasteiger partial charge on any atom is -0.364 e. The molecule has 1 aromatic heterocycles. The van der Waals surface area contributed by atoms with E-state index < -0.39 is 5.91 Å². The molecule has 21 heavy (non-hydrogen) atoms. The van der Waals surface area contributed by atoms with Crippen molar-refractivity contribution in [3.05, 3.63) is 46.8 Å². The van der Waals surface area contributed by atoms with Gasteiger partial charge in [0.05, 0.1) is 5.69 Å². The van der Waals surface area contributed by atoms with E-state index in [9.17, 15) is 9.59 Å². The fourth-order valence-corrected chi connectivity index (χ4v) is 2.93. The largest absolute Gasteiger partial charge is 0.364 e. The molecule has 0 bridgehead atoms. The number of nitrogens with zero attached hydrogens (tertiary/aromatic N) is 2. The lowest BCUT2D eigenvalue weighted by Gasteiger charge is -2.10. The summed E-state index contributed by atoms with van der Waals surface area (Å²) >= 11 is 1.72. The highest BCUT2D eigenvalue weighted by Crippen LogP contribution is 2.24. The Kier molecular flexibility index (Phi) is 4.76. The number of amides is 1. The van der Waals surface area contributed by atoms with Crippen LogP contribution in [0.4, 0.5) is 0 Å². The Morgan fingerprint density at radius 3 is 2.43 bits per heavy atom. The maximum absolute atomic E-state index is 12.0. The SMILES string of the molecule is CCc1ccccc1-n1nc(C(N)=O)c(CC)c1C(=O)I. The van der Waals surface area contributed by atoms with Gasteiger partial charge in [-0.3, -0.25) is 9.59 Å². The molecule has 0 saturated heterocycles. The first-order chi connectivity index (χ1) is 10.0. The molecule has 1 amide bonds. The Morgan fingerprint density at radius 2 is 1.90 bits per heavy atom. The summed E-state index contributed by atoms with van der Waals surface area (Å²) in [5.74, 6) is -0.613. The van der Waals surface area contributed by atoms with Crippen LogP contribution in [0.2, 0.25) is 0 Å². The van der Waals surface area contributed by atoms with Crippen molar-refractivity contribution >= 4 is 32.3 Å². The van der Waals surface area contributed by atoms with Crippen LogP contribution in [0.15, 0.2) is 24.3 Å². The molecule has 6 heteroatoms. The second kappa shape index (κ2) is 6.38. The molecule has 1 aromatic carbocycles. The fraction of sp³-hybridized carbons (Fsp3) is 0.267. The topological polar surface area (TPSA) is 78.0 Å². The normalized spacial score (nSPS) is 10.6. The number of hydrogen-bond acceptors (Lipinski definition) is 3. The first kappa shape index (κ1) is 15.7. The maximum atomic E-state index is 12.0. The third-order valence-corrected chi connectivity index (χ3v) is 3.87. The van der Waals surface area contributed by atoms with Gasteiger partial charge in [0.2, 0.25) is 3.79 Å². The average Bonchev–Trinajstić information content (AvgIpc) is 2.86. The summed E-state index contributed by atoms with van der Waals surface area (Å²) in [7, 11) is 0. The highest BCUT2D eigenvalue weighted by Gasteiger charge is 2.25. The van der Waals surface area contributed by atoms with E-state index in [1.807, 2.05) is 38.1 Å². The molecule has 0 aliphatic carbocycles. The zero-order valence-corrected chi connectivity index (χ0v) is 14.0. The van der Waals surface area contributed by atoms with Crippen LogP contribution in [0.1, 0.15) is 46.0 Å². The minimum absolute atomic E-state index is 0.157. The van der Waals surface area contributed by atoms with Gasteiger partial charge in [0, 0.05) is 28.2 Å². The number of hydrogen-bond donors (Lipinski definition) is 1. The van der Waals surface area contributed by atoms with Crippen molar-refractivity contribution in [2.45, 2.75) is 26.7 Å². The number of aromatic nitrogens is 2. The van der Waals surface area contributed by atoms with Gasteiger partial charge < -0.3 is 5.73 Å². The van der Waals surface area contributed by atoms with Crippen LogP contribution in [0.3, 0.4) is 0 Å². The van der Waals surface area contributed by atoms with Gasteiger partial charge in [0.1, 0.15) is 5.69 Å². The number of carbonyl (C=O) groups is 2. The predicted octanol–water partition coefficient (Wildman–Crippen LogP) is 2.67. The van der Waals surface area contributed by atoms with Crippen LogP contribution in [0.25, 0.3) is 5.69 Å². The van der Waals surface area contributed by atoms with E-state index in [0.29, 0.717) is 17.7 Å². The molecule has 0 fully saturated rings. The molecule has 0 atom stereocenters. The van der Waals surface area contributed by atoms with E-state index in [0.717, 1.165) is 17.7 Å². The molecule has 2 rings (SSSR count). The van der Waals surface area contributed by atoms with E-state index in [1.165, 1.54) is 0 Å². The molecule has 5 nitrogen and oxygen atoms in total. The molecule has 0 saturated carbocycles. The summed E-state index contributed by atoms with van der Waals surface area (Å²) in [6.07, 6.45) is 1.33. The molecule has 1 heterocycles. The van der Waals surface area contributed by atoms with E-state index >= 15 is 0 Å². The fourth-order valence-electron chi connectivity index (χ4n) is 2.38. The molecule has 110 valence electrons. The summed E-state index contributed by atoms with van der Waals surface area (Å²) < 4.78 is 1.39. The molecule has 2 aromatic rings.